The molecule has 1 aromatic heterocycles. The number of nitrogens with two attached hydrogens (primary N) is 1. The molecule has 0 atom stereocenters. The normalized spacial score (nSPS) is 17.6. The van der Waals surface area contributed by atoms with Crippen LogP contribution in [0.5, 0.6) is 0 Å². The summed E-state index contributed by atoms with van der Waals surface area (Å²) in [5.74, 6) is 1.31. The molecule has 5 nitrogen and oxygen atoms in total. The number of anilines is 1. The lowest BCUT2D eigenvalue weighted by molar-refractivity contribution is 0.118. The SMILES string of the molecule is Cc1cc(C(C)C)nc(N2CCN(C(C)(C)CN)CC2)n1. The van der Waals surface area contributed by atoms with Crippen LogP contribution in [0, 0.1) is 6.92 Å². The minimum absolute atomic E-state index is 0.0721. The maximum atomic E-state index is 5.88. The van der Waals surface area contributed by atoms with Crippen molar-refractivity contribution in [1.29, 1.82) is 0 Å². The van der Waals surface area contributed by atoms with Crippen LogP contribution in [-0.4, -0.2) is 53.1 Å². The summed E-state index contributed by atoms with van der Waals surface area (Å²) < 4.78 is 0. The standard InChI is InChI=1S/C16H29N5/c1-12(2)14-10-13(3)18-15(19-14)20-6-8-21(9-7-20)16(4,5)11-17/h10,12H,6-9,11,17H2,1-5H3. The van der Waals surface area contributed by atoms with Crippen LogP contribution >= 0.6 is 0 Å². The van der Waals surface area contributed by atoms with Crippen molar-refractivity contribution in [3.8, 4) is 0 Å². The van der Waals surface area contributed by atoms with E-state index in [0.29, 0.717) is 12.5 Å². The van der Waals surface area contributed by atoms with E-state index >= 15 is 0 Å². The fourth-order valence-electron chi connectivity index (χ4n) is 2.65. The van der Waals surface area contributed by atoms with E-state index < -0.39 is 0 Å². The van der Waals surface area contributed by atoms with Crippen LogP contribution in [0.15, 0.2) is 6.07 Å². The Morgan fingerprint density at radius 1 is 1.19 bits per heavy atom. The van der Waals surface area contributed by atoms with Crippen molar-refractivity contribution in [2.45, 2.75) is 46.1 Å². The largest absolute Gasteiger partial charge is 0.338 e. The molecule has 1 aliphatic rings. The minimum atomic E-state index is 0.0721. The van der Waals surface area contributed by atoms with Gasteiger partial charge in [0.25, 0.3) is 0 Å². The average molecular weight is 291 g/mol. The molecule has 0 aromatic carbocycles. The van der Waals surface area contributed by atoms with Gasteiger partial charge in [-0.2, -0.15) is 0 Å². The number of aryl methyl sites for hydroxylation is 1. The molecule has 0 radical (unpaired) electrons. The van der Waals surface area contributed by atoms with Crippen molar-refractivity contribution in [2.75, 3.05) is 37.6 Å². The predicted octanol–water partition coefficient (Wildman–Crippen LogP) is 1.77. The number of piperazine rings is 1. The van der Waals surface area contributed by atoms with Gasteiger partial charge < -0.3 is 10.6 Å². The summed E-state index contributed by atoms with van der Waals surface area (Å²) in [5.41, 5.74) is 8.12. The Labute approximate surface area is 128 Å². The molecule has 1 saturated heterocycles. The summed E-state index contributed by atoms with van der Waals surface area (Å²) >= 11 is 0. The van der Waals surface area contributed by atoms with Crippen LogP contribution in [0.3, 0.4) is 0 Å². The fraction of sp³-hybridized carbons (Fsp3) is 0.750. The van der Waals surface area contributed by atoms with Gasteiger partial charge in [0.05, 0.1) is 0 Å². The van der Waals surface area contributed by atoms with E-state index in [4.69, 9.17) is 10.7 Å². The summed E-state index contributed by atoms with van der Waals surface area (Å²) in [6, 6.07) is 2.09. The first-order valence-corrected chi connectivity index (χ1v) is 7.89. The second kappa shape index (κ2) is 6.28. The highest BCUT2D eigenvalue weighted by Gasteiger charge is 2.29. The van der Waals surface area contributed by atoms with E-state index in [2.05, 4.69) is 48.5 Å². The van der Waals surface area contributed by atoms with Gasteiger partial charge in [0.15, 0.2) is 0 Å². The number of aromatic nitrogens is 2. The smallest absolute Gasteiger partial charge is 0.225 e. The van der Waals surface area contributed by atoms with Crippen molar-refractivity contribution < 1.29 is 0 Å². The molecule has 0 spiro atoms. The average Bonchev–Trinajstić information content (AvgIpc) is 2.46. The molecule has 5 heteroatoms. The molecule has 1 aliphatic heterocycles. The van der Waals surface area contributed by atoms with Gasteiger partial charge in [-0.3, -0.25) is 4.90 Å². The zero-order valence-electron chi connectivity index (χ0n) is 14.1. The van der Waals surface area contributed by atoms with Crippen LogP contribution in [-0.2, 0) is 0 Å². The summed E-state index contributed by atoms with van der Waals surface area (Å²) in [7, 11) is 0. The Morgan fingerprint density at radius 2 is 1.81 bits per heavy atom. The second-order valence-corrected chi connectivity index (χ2v) is 6.88. The summed E-state index contributed by atoms with van der Waals surface area (Å²) in [6.45, 7) is 15.5. The third kappa shape index (κ3) is 3.71. The van der Waals surface area contributed by atoms with E-state index in [0.717, 1.165) is 43.5 Å². The molecule has 1 fully saturated rings. The van der Waals surface area contributed by atoms with Crippen LogP contribution in [0.25, 0.3) is 0 Å². The van der Waals surface area contributed by atoms with Crippen molar-refractivity contribution in [1.82, 2.24) is 14.9 Å². The first kappa shape index (κ1) is 16.2. The Morgan fingerprint density at radius 3 is 2.33 bits per heavy atom. The predicted molar refractivity (Wildman–Crippen MR) is 87.8 cm³/mol. The Hall–Kier alpha value is -1.20. The van der Waals surface area contributed by atoms with Gasteiger partial charge >= 0.3 is 0 Å². The zero-order chi connectivity index (χ0) is 15.6. The fourth-order valence-corrected chi connectivity index (χ4v) is 2.65. The molecule has 0 saturated carbocycles. The van der Waals surface area contributed by atoms with Gasteiger partial charge in [0.2, 0.25) is 5.95 Å². The third-order valence-corrected chi connectivity index (χ3v) is 4.37. The monoisotopic (exact) mass is 291 g/mol. The van der Waals surface area contributed by atoms with E-state index in [9.17, 15) is 0 Å². The summed E-state index contributed by atoms with van der Waals surface area (Å²) in [5, 5.41) is 0. The van der Waals surface area contributed by atoms with Crippen LogP contribution in [0.2, 0.25) is 0 Å². The first-order chi connectivity index (χ1) is 9.83. The molecule has 2 N–H and O–H groups in total. The molecular formula is C16H29N5. The summed E-state index contributed by atoms with van der Waals surface area (Å²) in [4.78, 5) is 14.1. The van der Waals surface area contributed by atoms with Gasteiger partial charge in [0.1, 0.15) is 0 Å². The van der Waals surface area contributed by atoms with Gasteiger partial charge in [0, 0.05) is 49.7 Å². The van der Waals surface area contributed by atoms with Crippen LogP contribution < -0.4 is 10.6 Å². The zero-order valence-corrected chi connectivity index (χ0v) is 14.1. The maximum absolute atomic E-state index is 5.88. The van der Waals surface area contributed by atoms with E-state index in [1.54, 1.807) is 0 Å². The number of rotatable bonds is 4. The Bertz CT molecular complexity index is 476. The number of hydrogen-bond acceptors (Lipinski definition) is 5. The quantitative estimate of drug-likeness (QED) is 0.916. The lowest BCUT2D eigenvalue weighted by Crippen LogP contribution is -2.57. The molecule has 0 aliphatic carbocycles. The van der Waals surface area contributed by atoms with Gasteiger partial charge in [-0.15, -0.1) is 0 Å². The number of nitrogens with zero attached hydrogens (tertiary/aromatic N) is 4. The Balaban J connectivity index is 2.09. The molecule has 118 valence electrons. The molecule has 2 rings (SSSR count). The minimum Gasteiger partial charge on any atom is -0.338 e. The van der Waals surface area contributed by atoms with E-state index in [1.807, 2.05) is 6.92 Å². The van der Waals surface area contributed by atoms with Gasteiger partial charge in [-0.25, -0.2) is 9.97 Å². The van der Waals surface area contributed by atoms with Crippen molar-refractivity contribution >= 4 is 5.95 Å². The third-order valence-electron chi connectivity index (χ3n) is 4.37. The number of hydrogen-bond donors (Lipinski definition) is 1. The van der Waals surface area contributed by atoms with Crippen molar-refractivity contribution in [3.63, 3.8) is 0 Å². The Kier molecular flexibility index (Phi) is 4.84. The molecule has 1 aromatic rings. The molecule has 21 heavy (non-hydrogen) atoms. The van der Waals surface area contributed by atoms with Crippen LogP contribution in [0.4, 0.5) is 5.95 Å². The highest BCUT2D eigenvalue weighted by molar-refractivity contribution is 5.34. The molecule has 0 bridgehead atoms. The maximum Gasteiger partial charge on any atom is 0.225 e. The lowest BCUT2D eigenvalue weighted by Gasteiger charge is -2.43. The summed E-state index contributed by atoms with van der Waals surface area (Å²) in [6.07, 6.45) is 0. The first-order valence-electron chi connectivity index (χ1n) is 7.89. The van der Waals surface area contributed by atoms with E-state index in [1.165, 1.54) is 0 Å². The highest BCUT2D eigenvalue weighted by atomic mass is 15.3. The van der Waals surface area contributed by atoms with Crippen molar-refractivity contribution in [2.24, 2.45) is 5.73 Å². The molecule has 2 heterocycles. The molecular weight excluding hydrogens is 262 g/mol. The second-order valence-electron chi connectivity index (χ2n) is 6.88. The highest BCUT2D eigenvalue weighted by Crippen LogP contribution is 2.20. The van der Waals surface area contributed by atoms with Crippen LogP contribution in [0.1, 0.15) is 45.0 Å². The molecule has 0 unspecified atom stereocenters. The lowest BCUT2D eigenvalue weighted by atomic mass is 10.0. The van der Waals surface area contributed by atoms with E-state index in [-0.39, 0.29) is 5.54 Å². The molecule has 0 amide bonds. The van der Waals surface area contributed by atoms with Gasteiger partial charge in [-0.05, 0) is 32.8 Å². The van der Waals surface area contributed by atoms with Crippen molar-refractivity contribution in [3.05, 3.63) is 17.5 Å². The van der Waals surface area contributed by atoms with Gasteiger partial charge in [-0.1, -0.05) is 13.8 Å². The topological polar surface area (TPSA) is 58.3 Å².